The first kappa shape index (κ1) is 23.6. The van der Waals surface area contributed by atoms with E-state index in [2.05, 4.69) is 12.2 Å². The number of aliphatic hydroxyl groups is 2. The van der Waals surface area contributed by atoms with E-state index >= 15 is 0 Å². The van der Waals surface area contributed by atoms with Crippen molar-refractivity contribution in [1.82, 2.24) is 10.2 Å². The summed E-state index contributed by atoms with van der Waals surface area (Å²) in [6.45, 7) is 2.21. The first-order valence-corrected chi connectivity index (χ1v) is 9.78. The van der Waals surface area contributed by atoms with Crippen LogP contribution in [0.25, 0.3) is 0 Å². The highest BCUT2D eigenvalue weighted by atomic mass is 16.6. The van der Waals surface area contributed by atoms with Gasteiger partial charge in [0.2, 0.25) is 0 Å². The van der Waals surface area contributed by atoms with Crippen molar-refractivity contribution in [2.45, 2.75) is 76.4 Å². The van der Waals surface area contributed by atoms with Crippen molar-refractivity contribution in [3.05, 3.63) is 12.3 Å². The number of ether oxygens (including phenoxy) is 2. The van der Waals surface area contributed by atoms with Gasteiger partial charge in [0.25, 0.3) is 0 Å². The Morgan fingerprint density at radius 3 is 2.48 bits per heavy atom. The molecule has 2 amide bonds. The lowest BCUT2D eigenvalue weighted by Crippen LogP contribution is -2.48. The van der Waals surface area contributed by atoms with Gasteiger partial charge in [0.05, 0.1) is 6.61 Å². The number of hydrogen-bond acceptors (Lipinski definition) is 6. The third-order valence-corrected chi connectivity index (χ3v) is 4.60. The molecule has 0 saturated carbocycles. The number of carbonyl (C=O) groups excluding carboxylic acids is 2. The zero-order chi connectivity index (χ0) is 20.1. The highest BCUT2D eigenvalue weighted by Crippen LogP contribution is 2.27. The van der Waals surface area contributed by atoms with Crippen LogP contribution >= 0.6 is 0 Å². The van der Waals surface area contributed by atoms with Crippen LogP contribution in [-0.2, 0) is 14.3 Å². The van der Waals surface area contributed by atoms with Gasteiger partial charge < -0.3 is 25.0 Å². The Hall–Kier alpha value is -1.48. The molecule has 0 aromatic carbocycles. The molecule has 3 N–H and O–H groups in total. The van der Waals surface area contributed by atoms with Crippen LogP contribution in [0.5, 0.6) is 0 Å². The maximum Gasteiger partial charge on any atom is 0.323 e. The molecule has 0 radical (unpaired) electrons. The molecule has 0 spiro atoms. The van der Waals surface area contributed by atoms with E-state index in [0.29, 0.717) is 12.9 Å². The fourth-order valence-corrected chi connectivity index (χ4v) is 3.08. The molecular formula is C19H34N2O6. The standard InChI is InChI=1S/C19H34N2O6/c1-3-4-5-6-7-8-9-13-26-17-16(24)15(14-23)27-18(17)21(11-10-12-22)19(25)20-2/h10-12,15-18,23-24H,3-9,13-14H2,1-2H3,(H,20,25)/b11-10-/t15-,16-,17-,18-/m1/s1. The van der Waals surface area contributed by atoms with Crippen LogP contribution in [0, 0.1) is 0 Å². The SMILES string of the molecule is CCCCCCCCCO[C@@H]1[C@H](O)[C@@H](CO)O[C@H]1N(/C=C\C=O)C(=O)NC. The molecule has 0 aliphatic carbocycles. The molecule has 8 nitrogen and oxygen atoms in total. The third kappa shape index (κ3) is 7.57. The van der Waals surface area contributed by atoms with Gasteiger partial charge >= 0.3 is 6.03 Å². The number of allylic oxidation sites excluding steroid dienone is 1. The number of unbranched alkanes of at least 4 members (excludes halogenated alkanes) is 6. The molecule has 1 rings (SSSR count). The number of nitrogens with zero attached hydrogens (tertiary/aromatic N) is 1. The average molecular weight is 386 g/mol. The highest BCUT2D eigenvalue weighted by Gasteiger charge is 2.47. The number of urea groups is 1. The van der Waals surface area contributed by atoms with Crippen LogP contribution in [0.3, 0.4) is 0 Å². The van der Waals surface area contributed by atoms with E-state index in [1.54, 1.807) is 0 Å². The summed E-state index contributed by atoms with van der Waals surface area (Å²) in [7, 11) is 1.45. The Labute approximate surface area is 161 Å². The number of carbonyl (C=O) groups is 2. The summed E-state index contributed by atoms with van der Waals surface area (Å²) in [6.07, 6.45) is 7.25. The molecule has 1 fully saturated rings. The van der Waals surface area contributed by atoms with Gasteiger partial charge in [-0.05, 0) is 12.5 Å². The van der Waals surface area contributed by atoms with E-state index < -0.39 is 37.2 Å². The predicted octanol–water partition coefficient (Wildman–Crippen LogP) is 1.55. The molecule has 0 aromatic rings. The first-order valence-electron chi connectivity index (χ1n) is 9.78. The molecule has 1 saturated heterocycles. The monoisotopic (exact) mass is 386 g/mol. The summed E-state index contributed by atoms with van der Waals surface area (Å²) in [6, 6.07) is -0.506. The second kappa shape index (κ2) is 13.7. The summed E-state index contributed by atoms with van der Waals surface area (Å²) >= 11 is 0. The fraction of sp³-hybridized carbons (Fsp3) is 0.789. The fourth-order valence-electron chi connectivity index (χ4n) is 3.08. The van der Waals surface area contributed by atoms with Crippen molar-refractivity contribution >= 4 is 12.3 Å². The van der Waals surface area contributed by atoms with Gasteiger partial charge in [-0.15, -0.1) is 0 Å². The van der Waals surface area contributed by atoms with Gasteiger partial charge in [0.1, 0.15) is 24.6 Å². The lowest BCUT2D eigenvalue weighted by Gasteiger charge is -2.29. The van der Waals surface area contributed by atoms with E-state index in [1.807, 2.05) is 0 Å². The van der Waals surface area contributed by atoms with Crippen molar-refractivity contribution in [1.29, 1.82) is 0 Å². The van der Waals surface area contributed by atoms with Crippen molar-refractivity contribution in [2.24, 2.45) is 0 Å². The number of rotatable bonds is 13. The summed E-state index contributed by atoms with van der Waals surface area (Å²) in [5.74, 6) is 0. The second-order valence-corrected chi connectivity index (χ2v) is 6.64. The molecular weight excluding hydrogens is 352 g/mol. The van der Waals surface area contributed by atoms with E-state index in [4.69, 9.17) is 9.47 Å². The number of aldehydes is 1. The van der Waals surface area contributed by atoms with E-state index in [1.165, 1.54) is 38.9 Å². The smallest absolute Gasteiger partial charge is 0.323 e. The van der Waals surface area contributed by atoms with Crippen molar-refractivity contribution in [2.75, 3.05) is 20.3 Å². The summed E-state index contributed by atoms with van der Waals surface area (Å²) in [4.78, 5) is 23.9. The minimum Gasteiger partial charge on any atom is -0.394 e. The second-order valence-electron chi connectivity index (χ2n) is 6.64. The normalized spacial score (nSPS) is 25.0. The Morgan fingerprint density at radius 1 is 1.22 bits per heavy atom. The largest absolute Gasteiger partial charge is 0.394 e. The van der Waals surface area contributed by atoms with Gasteiger partial charge in [-0.25, -0.2) is 4.79 Å². The van der Waals surface area contributed by atoms with Crippen molar-refractivity contribution in [3.63, 3.8) is 0 Å². The van der Waals surface area contributed by atoms with Gasteiger partial charge in [-0.1, -0.05) is 45.4 Å². The van der Waals surface area contributed by atoms with Crippen LogP contribution in [-0.4, -0.2) is 72.2 Å². The Bertz CT molecular complexity index is 459. The van der Waals surface area contributed by atoms with Crippen LogP contribution in [0.1, 0.15) is 51.9 Å². The molecule has 0 unspecified atom stereocenters. The zero-order valence-electron chi connectivity index (χ0n) is 16.4. The number of hydrogen-bond donors (Lipinski definition) is 3. The van der Waals surface area contributed by atoms with Crippen LogP contribution in [0.15, 0.2) is 12.3 Å². The first-order chi connectivity index (χ1) is 13.1. The minimum atomic E-state index is -1.07. The third-order valence-electron chi connectivity index (χ3n) is 4.60. The summed E-state index contributed by atoms with van der Waals surface area (Å²) in [5.41, 5.74) is 0. The average Bonchev–Trinajstić information content (AvgIpc) is 2.99. The Morgan fingerprint density at radius 2 is 1.89 bits per heavy atom. The number of aliphatic hydroxyl groups excluding tert-OH is 2. The maximum atomic E-state index is 12.1. The van der Waals surface area contributed by atoms with Gasteiger partial charge in [0, 0.05) is 19.9 Å². The number of amides is 2. The molecule has 1 aliphatic heterocycles. The lowest BCUT2D eigenvalue weighted by atomic mass is 10.1. The Balaban J connectivity index is 2.62. The molecule has 1 aliphatic rings. The van der Waals surface area contributed by atoms with Crippen molar-refractivity contribution in [3.8, 4) is 0 Å². The zero-order valence-corrected chi connectivity index (χ0v) is 16.4. The molecule has 0 aromatic heterocycles. The predicted molar refractivity (Wildman–Crippen MR) is 101 cm³/mol. The van der Waals surface area contributed by atoms with Gasteiger partial charge in [-0.3, -0.25) is 9.69 Å². The van der Waals surface area contributed by atoms with Crippen LogP contribution in [0.4, 0.5) is 4.79 Å². The van der Waals surface area contributed by atoms with E-state index in [0.717, 1.165) is 30.2 Å². The van der Waals surface area contributed by atoms with E-state index in [-0.39, 0.29) is 0 Å². The number of nitrogens with one attached hydrogen (secondary N) is 1. The molecule has 0 bridgehead atoms. The highest BCUT2D eigenvalue weighted by molar-refractivity contribution is 5.76. The maximum absolute atomic E-state index is 12.1. The Kier molecular flexibility index (Phi) is 11.9. The minimum absolute atomic E-state index is 0.395. The summed E-state index contributed by atoms with van der Waals surface area (Å²) < 4.78 is 11.4. The van der Waals surface area contributed by atoms with Gasteiger partial charge in [0.15, 0.2) is 6.23 Å². The molecule has 27 heavy (non-hydrogen) atoms. The summed E-state index contributed by atoms with van der Waals surface area (Å²) in [5, 5.41) is 22.2. The van der Waals surface area contributed by atoms with Crippen LogP contribution in [0.2, 0.25) is 0 Å². The lowest BCUT2D eigenvalue weighted by molar-refractivity contribution is -0.104. The van der Waals surface area contributed by atoms with Gasteiger partial charge in [-0.2, -0.15) is 0 Å². The molecule has 8 heteroatoms. The molecule has 1 heterocycles. The molecule has 4 atom stereocenters. The van der Waals surface area contributed by atoms with Crippen LogP contribution < -0.4 is 5.32 Å². The van der Waals surface area contributed by atoms with E-state index in [9.17, 15) is 19.8 Å². The quantitative estimate of drug-likeness (QED) is 0.252. The topological polar surface area (TPSA) is 108 Å². The molecule has 156 valence electrons. The van der Waals surface area contributed by atoms with Crippen molar-refractivity contribution < 1.29 is 29.3 Å².